The monoisotopic (exact) mass is 533 g/mol. The van der Waals surface area contributed by atoms with Gasteiger partial charge in [0, 0.05) is 36.4 Å². The summed E-state index contributed by atoms with van der Waals surface area (Å²) in [6, 6.07) is 10.8. The Morgan fingerprint density at radius 3 is 2.51 bits per heavy atom. The molecule has 39 heavy (non-hydrogen) atoms. The predicted molar refractivity (Wildman–Crippen MR) is 149 cm³/mol. The Kier molecular flexibility index (Phi) is 7.53. The minimum atomic E-state index is -0.517. The third kappa shape index (κ3) is 5.45. The van der Waals surface area contributed by atoms with Crippen LogP contribution in [-0.4, -0.2) is 67.3 Å². The minimum absolute atomic E-state index is 0.137. The summed E-state index contributed by atoms with van der Waals surface area (Å²) in [5, 5.41) is 12.7. The van der Waals surface area contributed by atoms with Crippen molar-refractivity contribution in [3.8, 4) is 23.1 Å². The van der Waals surface area contributed by atoms with Crippen LogP contribution >= 0.6 is 0 Å². The summed E-state index contributed by atoms with van der Waals surface area (Å²) in [6.07, 6.45) is 3.36. The largest absolute Gasteiger partial charge is 0.486 e. The van der Waals surface area contributed by atoms with Crippen molar-refractivity contribution in [1.29, 1.82) is 5.26 Å². The molecule has 0 bridgehead atoms. The van der Waals surface area contributed by atoms with Gasteiger partial charge >= 0.3 is 0 Å². The van der Waals surface area contributed by atoms with Gasteiger partial charge in [0.05, 0.1) is 35.4 Å². The number of piperidine rings is 1. The van der Waals surface area contributed by atoms with E-state index in [1.807, 2.05) is 13.8 Å². The molecule has 1 saturated heterocycles. The van der Waals surface area contributed by atoms with Gasteiger partial charge < -0.3 is 24.8 Å². The highest BCUT2D eigenvalue weighted by Gasteiger charge is 2.26. The zero-order valence-electron chi connectivity index (χ0n) is 22.7. The van der Waals surface area contributed by atoms with Crippen LogP contribution in [0.4, 0.5) is 31.8 Å². The summed E-state index contributed by atoms with van der Waals surface area (Å²) in [4.78, 5) is 15.1. The molecule has 0 radical (unpaired) electrons. The van der Waals surface area contributed by atoms with Crippen molar-refractivity contribution in [2.45, 2.75) is 38.8 Å². The van der Waals surface area contributed by atoms with Crippen LogP contribution in [0.3, 0.4) is 0 Å². The van der Waals surface area contributed by atoms with Gasteiger partial charge in [0.1, 0.15) is 18.5 Å². The molecular formula is C29H33F2N7O. The number of aromatic nitrogens is 2. The van der Waals surface area contributed by atoms with Gasteiger partial charge in [-0.1, -0.05) is 0 Å². The van der Waals surface area contributed by atoms with Crippen molar-refractivity contribution in [3.05, 3.63) is 53.7 Å². The van der Waals surface area contributed by atoms with Crippen LogP contribution in [0.5, 0.6) is 5.75 Å². The van der Waals surface area contributed by atoms with Gasteiger partial charge in [-0.05, 0) is 71.1 Å². The molecule has 0 unspecified atom stereocenters. The molecule has 5 rings (SSSR count). The molecule has 1 N–H and O–H groups in total. The predicted octanol–water partition coefficient (Wildman–Crippen LogP) is 5.17. The first-order valence-corrected chi connectivity index (χ1v) is 13.2. The Balaban J connectivity index is 1.40. The van der Waals surface area contributed by atoms with Crippen LogP contribution in [0.25, 0.3) is 11.3 Å². The van der Waals surface area contributed by atoms with Gasteiger partial charge in [-0.25, -0.2) is 18.7 Å². The number of anilines is 4. The lowest BCUT2D eigenvalue weighted by atomic mass is 10.0. The summed E-state index contributed by atoms with van der Waals surface area (Å²) in [5.74, 6) is -0.469. The molecule has 0 spiro atoms. The highest BCUT2D eigenvalue weighted by atomic mass is 19.1. The Morgan fingerprint density at radius 2 is 1.85 bits per heavy atom. The molecule has 3 heterocycles. The van der Waals surface area contributed by atoms with E-state index in [0.717, 1.165) is 25.9 Å². The van der Waals surface area contributed by atoms with Crippen LogP contribution in [-0.2, 0) is 0 Å². The first-order valence-electron chi connectivity index (χ1n) is 13.2. The van der Waals surface area contributed by atoms with Crippen LogP contribution < -0.4 is 19.9 Å². The number of ether oxygens (including phenoxy) is 1. The lowest BCUT2D eigenvalue weighted by Gasteiger charge is -2.36. The molecule has 0 amide bonds. The molecule has 3 aromatic rings. The number of nitriles is 1. The number of fused-ring (bicyclic) bond motifs is 1. The average Bonchev–Trinajstić information content (AvgIpc) is 2.92. The van der Waals surface area contributed by atoms with Gasteiger partial charge in [0.15, 0.2) is 11.6 Å². The number of halogens is 2. The second kappa shape index (κ2) is 11.0. The SMILES string of the molecule is CC(C)N1CCOc2c(F)cc(-c3nc(Nc4ccc(N5CCC(N(C)C)CC5)c(F)c4)ncc3C#N)cc21. The zero-order valence-corrected chi connectivity index (χ0v) is 22.7. The first kappa shape index (κ1) is 26.6. The van der Waals surface area contributed by atoms with Crippen LogP contribution in [0.2, 0.25) is 0 Å². The van der Waals surface area contributed by atoms with Crippen LogP contribution in [0.1, 0.15) is 32.3 Å². The molecule has 2 aliphatic rings. The van der Waals surface area contributed by atoms with Gasteiger partial charge in [-0.3, -0.25) is 0 Å². The van der Waals surface area contributed by atoms with Crippen molar-refractivity contribution in [2.75, 3.05) is 55.5 Å². The summed E-state index contributed by atoms with van der Waals surface area (Å²) in [7, 11) is 4.16. The summed E-state index contributed by atoms with van der Waals surface area (Å²) >= 11 is 0. The summed E-state index contributed by atoms with van der Waals surface area (Å²) in [6.45, 7) is 6.68. The van der Waals surface area contributed by atoms with Gasteiger partial charge in [0.2, 0.25) is 5.95 Å². The van der Waals surface area contributed by atoms with E-state index in [4.69, 9.17) is 4.74 Å². The molecule has 2 aromatic carbocycles. The van der Waals surface area contributed by atoms with Gasteiger partial charge in [-0.2, -0.15) is 5.26 Å². The van der Waals surface area contributed by atoms with E-state index in [2.05, 4.69) is 50.1 Å². The molecule has 2 aliphatic heterocycles. The third-order valence-corrected chi connectivity index (χ3v) is 7.46. The second-order valence-corrected chi connectivity index (χ2v) is 10.5. The Bertz CT molecular complexity index is 1400. The van der Waals surface area contributed by atoms with Gasteiger partial charge in [0.25, 0.3) is 0 Å². The molecule has 0 saturated carbocycles. The number of nitrogens with one attached hydrogen (secondary N) is 1. The Labute approximate surface area is 227 Å². The highest BCUT2D eigenvalue weighted by molar-refractivity contribution is 5.76. The van der Waals surface area contributed by atoms with E-state index in [1.165, 1.54) is 18.3 Å². The third-order valence-electron chi connectivity index (χ3n) is 7.46. The normalized spacial score (nSPS) is 15.8. The van der Waals surface area contributed by atoms with E-state index >= 15 is 8.78 Å². The lowest BCUT2D eigenvalue weighted by molar-refractivity contribution is 0.249. The molecular weight excluding hydrogens is 500 g/mol. The molecule has 0 aliphatic carbocycles. The number of rotatable bonds is 6. The second-order valence-electron chi connectivity index (χ2n) is 10.5. The topological polar surface area (TPSA) is 80.6 Å². The highest BCUT2D eigenvalue weighted by Crippen LogP contribution is 2.39. The average molecular weight is 534 g/mol. The van der Waals surface area contributed by atoms with Crippen LogP contribution in [0, 0.1) is 23.0 Å². The van der Waals surface area contributed by atoms with E-state index < -0.39 is 5.82 Å². The molecule has 0 atom stereocenters. The summed E-state index contributed by atoms with van der Waals surface area (Å²) in [5.41, 5.74) is 2.59. The maximum Gasteiger partial charge on any atom is 0.227 e. The lowest BCUT2D eigenvalue weighted by Crippen LogP contribution is -2.42. The zero-order chi connectivity index (χ0) is 27.7. The quantitative estimate of drug-likeness (QED) is 0.465. The van der Waals surface area contributed by atoms with E-state index in [-0.39, 0.29) is 34.8 Å². The van der Waals surface area contributed by atoms with E-state index in [9.17, 15) is 5.26 Å². The molecule has 204 valence electrons. The smallest absolute Gasteiger partial charge is 0.227 e. The van der Waals surface area contributed by atoms with Crippen molar-refractivity contribution in [1.82, 2.24) is 14.9 Å². The standard InChI is InChI=1S/C29H33F2N7O/c1-18(2)38-11-12-39-28-24(31)13-19(14-26(28)38)27-20(16-32)17-33-29(35-27)34-21-5-6-25(23(30)15-21)37-9-7-22(8-10-37)36(3)4/h5-6,13-15,17-18,22H,7-12H2,1-4H3,(H,33,34,35). The number of hydrogen-bond donors (Lipinski definition) is 1. The van der Waals surface area contributed by atoms with Crippen molar-refractivity contribution >= 4 is 23.0 Å². The van der Waals surface area contributed by atoms with Crippen molar-refractivity contribution in [2.24, 2.45) is 0 Å². The number of benzene rings is 2. The van der Waals surface area contributed by atoms with Crippen molar-refractivity contribution in [3.63, 3.8) is 0 Å². The van der Waals surface area contributed by atoms with Crippen LogP contribution in [0.15, 0.2) is 36.5 Å². The summed E-state index contributed by atoms with van der Waals surface area (Å²) < 4.78 is 35.8. The molecule has 8 nitrogen and oxygen atoms in total. The van der Waals surface area contributed by atoms with E-state index in [1.54, 1.807) is 18.2 Å². The van der Waals surface area contributed by atoms with Gasteiger partial charge in [-0.15, -0.1) is 0 Å². The maximum atomic E-state index is 15.1. The fourth-order valence-corrected chi connectivity index (χ4v) is 5.31. The Morgan fingerprint density at radius 1 is 1.08 bits per heavy atom. The minimum Gasteiger partial charge on any atom is -0.486 e. The molecule has 1 fully saturated rings. The number of nitrogens with zero attached hydrogens (tertiary/aromatic N) is 6. The van der Waals surface area contributed by atoms with E-state index in [0.29, 0.717) is 41.8 Å². The van der Waals surface area contributed by atoms with Crippen molar-refractivity contribution < 1.29 is 13.5 Å². The fourth-order valence-electron chi connectivity index (χ4n) is 5.31. The first-order chi connectivity index (χ1) is 18.7. The molecule has 1 aromatic heterocycles. The Hall–Kier alpha value is -3.97. The number of hydrogen-bond acceptors (Lipinski definition) is 8. The fraction of sp³-hybridized carbons (Fsp3) is 0.414. The molecule has 10 heteroatoms. The maximum absolute atomic E-state index is 15.1.